The number of aryl methyl sites for hydroxylation is 1. The van der Waals surface area contributed by atoms with Crippen LogP contribution in [0.5, 0.6) is 0 Å². The van der Waals surface area contributed by atoms with Crippen molar-refractivity contribution < 1.29 is 13.3 Å². The number of rotatable bonds is 8. The monoisotopic (exact) mass is 317 g/mol. The first-order chi connectivity index (χ1) is 9.74. The fourth-order valence-corrected chi connectivity index (χ4v) is 2.05. The highest BCUT2D eigenvalue weighted by Gasteiger charge is 2.22. The van der Waals surface area contributed by atoms with E-state index in [9.17, 15) is 18.5 Å². The molecule has 1 heterocycles. The second-order valence-electron chi connectivity index (χ2n) is 4.57. The zero-order chi connectivity index (χ0) is 16.0. The van der Waals surface area contributed by atoms with Gasteiger partial charge in [-0.2, -0.15) is 4.98 Å². The summed E-state index contributed by atoms with van der Waals surface area (Å²) in [6, 6.07) is 0. The van der Waals surface area contributed by atoms with Crippen LogP contribution in [0.4, 0.5) is 17.5 Å². The largest absolute Gasteiger partial charge is 0.363 e. The zero-order valence-corrected chi connectivity index (χ0v) is 13.0. The maximum atomic E-state index is 11.1. The Bertz CT molecular complexity index is 617. The second-order valence-corrected chi connectivity index (χ2v) is 6.83. The van der Waals surface area contributed by atoms with Crippen molar-refractivity contribution in [3.63, 3.8) is 0 Å². The van der Waals surface area contributed by atoms with Crippen LogP contribution in [0.3, 0.4) is 0 Å². The molecule has 118 valence electrons. The molecule has 0 saturated heterocycles. The lowest BCUT2D eigenvalue weighted by Crippen LogP contribution is -2.17. The van der Waals surface area contributed by atoms with E-state index < -0.39 is 14.8 Å². The molecule has 1 aromatic rings. The average Bonchev–Trinajstić information content (AvgIpc) is 2.33. The first-order valence-electron chi connectivity index (χ1n) is 6.43. The number of sulfone groups is 1. The SMILES string of the molecule is CCCNc1nc(C)c([N+](=O)[O-])c(NCCS(C)(=O)=O)n1. The van der Waals surface area contributed by atoms with Gasteiger partial charge in [0.15, 0.2) is 0 Å². The van der Waals surface area contributed by atoms with Gasteiger partial charge in [-0.25, -0.2) is 13.4 Å². The molecule has 2 N–H and O–H groups in total. The van der Waals surface area contributed by atoms with Crippen LogP contribution in [0.25, 0.3) is 0 Å². The van der Waals surface area contributed by atoms with E-state index in [0.29, 0.717) is 6.54 Å². The highest BCUT2D eigenvalue weighted by atomic mass is 32.2. The molecule has 0 aliphatic heterocycles. The molecule has 1 rings (SSSR count). The molecule has 0 bridgehead atoms. The summed E-state index contributed by atoms with van der Waals surface area (Å²) in [7, 11) is -3.15. The summed E-state index contributed by atoms with van der Waals surface area (Å²) in [5, 5.41) is 16.7. The summed E-state index contributed by atoms with van der Waals surface area (Å²) >= 11 is 0. The van der Waals surface area contributed by atoms with Gasteiger partial charge in [0.1, 0.15) is 15.5 Å². The molecule has 1 aromatic heterocycles. The van der Waals surface area contributed by atoms with E-state index in [1.807, 2.05) is 6.92 Å². The van der Waals surface area contributed by atoms with Crippen LogP contribution in [0.1, 0.15) is 19.0 Å². The van der Waals surface area contributed by atoms with Crippen molar-refractivity contribution in [3.8, 4) is 0 Å². The standard InChI is InChI=1S/C11H19N5O4S/c1-4-5-13-11-14-8(2)9(16(17)18)10(15-11)12-6-7-21(3,19)20/h4-7H2,1-3H3,(H2,12,13,14,15). The van der Waals surface area contributed by atoms with Crippen LogP contribution in [0, 0.1) is 17.0 Å². The Balaban J connectivity index is 3.01. The number of hydrogen-bond acceptors (Lipinski definition) is 8. The fraction of sp³-hybridized carbons (Fsp3) is 0.636. The Morgan fingerprint density at radius 3 is 2.43 bits per heavy atom. The molecule has 0 amide bonds. The number of aromatic nitrogens is 2. The first kappa shape index (κ1) is 17.1. The number of hydrogen-bond donors (Lipinski definition) is 2. The molecule has 0 atom stereocenters. The van der Waals surface area contributed by atoms with Gasteiger partial charge in [-0.1, -0.05) is 6.92 Å². The van der Waals surface area contributed by atoms with Gasteiger partial charge in [0.25, 0.3) is 0 Å². The lowest BCUT2D eigenvalue weighted by molar-refractivity contribution is -0.385. The summed E-state index contributed by atoms with van der Waals surface area (Å²) < 4.78 is 22.2. The van der Waals surface area contributed by atoms with Gasteiger partial charge in [-0.15, -0.1) is 0 Å². The average molecular weight is 317 g/mol. The third kappa shape index (κ3) is 5.50. The topological polar surface area (TPSA) is 127 Å². The molecule has 0 aliphatic rings. The van der Waals surface area contributed by atoms with Crippen LogP contribution < -0.4 is 10.6 Å². The van der Waals surface area contributed by atoms with Gasteiger partial charge in [0.2, 0.25) is 11.8 Å². The number of anilines is 2. The van der Waals surface area contributed by atoms with Crippen LogP contribution in [0.15, 0.2) is 0 Å². The molecular weight excluding hydrogens is 298 g/mol. The molecule has 0 aromatic carbocycles. The Kier molecular flexibility index (Phi) is 5.82. The Morgan fingerprint density at radius 1 is 1.24 bits per heavy atom. The minimum absolute atomic E-state index is 0.0229. The van der Waals surface area contributed by atoms with E-state index in [1.165, 1.54) is 6.92 Å². The van der Waals surface area contributed by atoms with Crippen molar-refractivity contribution in [2.24, 2.45) is 0 Å². The third-order valence-corrected chi connectivity index (χ3v) is 3.49. The predicted molar refractivity (Wildman–Crippen MR) is 80.4 cm³/mol. The Hall–Kier alpha value is -1.97. The predicted octanol–water partition coefficient (Wildman–Crippen LogP) is 0.972. The van der Waals surface area contributed by atoms with E-state index in [-0.39, 0.29) is 35.4 Å². The zero-order valence-electron chi connectivity index (χ0n) is 12.2. The minimum Gasteiger partial charge on any atom is -0.363 e. The van der Waals surface area contributed by atoms with Crippen LogP contribution >= 0.6 is 0 Å². The summed E-state index contributed by atoms with van der Waals surface area (Å²) in [5.74, 6) is 0.168. The van der Waals surface area contributed by atoms with E-state index in [4.69, 9.17) is 0 Å². The summed E-state index contributed by atoms with van der Waals surface area (Å²) in [6.07, 6.45) is 1.96. The molecule has 0 saturated carbocycles. The molecule has 0 aliphatic carbocycles. The minimum atomic E-state index is -3.15. The van der Waals surface area contributed by atoms with Crippen LogP contribution in [-0.4, -0.2) is 48.4 Å². The lowest BCUT2D eigenvalue weighted by Gasteiger charge is -2.10. The van der Waals surface area contributed by atoms with E-state index in [2.05, 4.69) is 20.6 Å². The Morgan fingerprint density at radius 2 is 1.90 bits per heavy atom. The first-order valence-corrected chi connectivity index (χ1v) is 8.49. The van der Waals surface area contributed by atoms with Gasteiger partial charge in [0.05, 0.1) is 10.7 Å². The summed E-state index contributed by atoms with van der Waals surface area (Å²) in [6.45, 7) is 4.17. The molecule has 10 heteroatoms. The summed E-state index contributed by atoms with van der Waals surface area (Å²) in [5.41, 5.74) is -0.0268. The van der Waals surface area contributed by atoms with Crippen molar-refractivity contribution in [2.75, 3.05) is 35.7 Å². The molecule has 0 unspecified atom stereocenters. The lowest BCUT2D eigenvalue weighted by atomic mass is 10.3. The van der Waals surface area contributed by atoms with Gasteiger partial charge >= 0.3 is 5.69 Å². The van der Waals surface area contributed by atoms with Crippen molar-refractivity contribution >= 4 is 27.3 Å². The quantitative estimate of drug-likeness (QED) is 0.536. The maximum absolute atomic E-state index is 11.1. The van der Waals surface area contributed by atoms with Crippen molar-refractivity contribution in [2.45, 2.75) is 20.3 Å². The van der Waals surface area contributed by atoms with Gasteiger partial charge in [0, 0.05) is 19.3 Å². The second kappa shape index (κ2) is 7.16. The number of nitrogens with zero attached hydrogens (tertiary/aromatic N) is 3. The van der Waals surface area contributed by atoms with Crippen molar-refractivity contribution in [3.05, 3.63) is 15.8 Å². The molecule has 9 nitrogen and oxygen atoms in total. The van der Waals surface area contributed by atoms with Gasteiger partial charge < -0.3 is 10.6 Å². The molecular formula is C11H19N5O4S. The normalized spacial score (nSPS) is 11.2. The molecule has 0 radical (unpaired) electrons. The van der Waals surface area contributed by atoms with E-state index >= 15 is 0 Å². The van der Waals surface area contributed by atoms with Gasteiger partial charge in [-0.3, -0.25) is 10.1 Å². The Labute approximate surface area is 123 Å². The molecule has 21 heavy (non-hydrogen) atoms. The molecule has 0 fully saturated rings. The summed E-state index contributed by atoms with van der Waals surface area (Å²) in [4.78, 5) is 18.6. The van der Waals surface area contributed by atoms with E-state index in [0.717, 1.165) is 12.7 Å². The molecule has 0 spiro atoms. The van der Waals surface area contributed by atoms with Gasteiger partial charge in [-0.05, 0) is 13.3 Å². The van der Waals surface area contributed by atoms with Crippen molar-refractivity contribution in [1.82, 2.24) is 9.97 Å². The smallest absolute Gasteiger partial charge is 0.332 e. The number of nitrogens with one attached hydrogen (secondary N) is 2. The highest BCUT2D eigenvalue weighted by molar-refractivity contribution is 7.90. The maximum Gasteiger partial charge on any atom is 0.332 e. The van der Waals surface area contributed by atoms with E-state index in [1.54, 1.807) is 0 Å². The van der Waals surface area contributed by atoms with Crippen molar-refractivity contribution in [1.29, 1.82) is 0 Å². The fourth-order valence-electron chi connectivity index (χ4n) is 1.58. The number of nitro groups is 1. The van der Waals surface area contributed by atoms with Crippen LogP contribution in [0.2, 0.25) is 0 Å². The third-order valence-electron chi connectivity index (χ3n) is 2.54. The highest BCUT2D eigenvalue weighted by Crippen LogP contribution is 2.26. The van der Waals surface area contributed by atoms with Crippen LogP contribution in [-0.2, 0) is 9.84 Å².